The van der Waals surface area contributed by atoms with Crippen molar-refractivity contribution in [2.24, 2.45) is 4.99 Å². The molecular weight excluding hydrogens is 376 g/mol. The lowest BCUT2D eigenvalue weighted by Crippen LogP contribution is -2.39. The molecule has 0 amide bonds. The van der Waals surface area contributed by atoms with Crippen LogP contribution in [-0.2, 0) is 4.74 Å². The summed E-state index contributed by atoms with van der Waals surface area (Å²) in [4.78, 5) is 8.34. The molecule has 2 aromatic rings. The number of aromatic hydroxyl groups is 1. The Morgan fingerprint density at radius 2 is 2.17 bits per heavy atom. The Hall–Kier alpha value is -1.21. The number of halogens is 1. The fourth-order valence-electron chi connectivity index (χ4n) is 2.64. The van der Waals surface area contributed by atoms with Crippen molar-refractivity contribution in [3.63, 3.8) is 0 Å². The maximum atomic E-state index is 9.90. The van der Waals surface area contributed by atoms with E-state index in [1.54, 1.807) is 23.6 Å². The van der Waals surface area contributed by atoms with E-state index in [0.29, 0.717) is 6.54 Å². The minimum atomic E-state index is 0.246. The maximum Gasteiger partial charge on any atom is 0.124 e. The van der Waals surface area contributed by atoms with Gasteiger partial charge in [-0.1, -0.05) is 22.0 Å². The molecule has 0 saturated carbocycles. The number of thiophene rings is 1. The van der Waals surface area contributed by atoms with Crippen LogP contribution in [0.5, 0.6) is 5.75 Å². The molecule has 1 atom stereocenters. The van der Waals surface area contributed by atoms with Crippen molar-refractivity contribution in [3.05, 3.63) is 50.6 Å². The Balaban J connectivity index is 1.73. The molecule has 0 bridgehead atoms. The predicted octanol–water partition coefficient (Wildman–Crippen LogP) is 3.71. The highest BCUT2D eigenvalue weighted by molar-refractivity contribution is 9.10. The summed E-state index contributed by atoms with van der Waals surface area (Å²) in [6.07, 6.45) is 1.75. The number of aliphatic imine (C=N–C) groups is 1. The molecule has 1 aromatic carbocycles. The van der Waals surface area contributed by atoms with Gasteiger partial charge in [0.15, 0.2) is 0 Å². The molecule has 0 spiro atoms. The van der Waals surface area contributed by atoms with Crippen LogP contribution in [0.2, 0.25) is 0 Å². The Kier molecular flexibility index (Phi) is 5.83. The van der Waals surface area contributed by atoms with Crippen molar-refractivity contribution in [2.45, 2.75) is 6.04 Å². The van der Waals surface area contributed by atoms with Gasteiger partial charge >= 0.3 is 0 Å². The van der Waals surface area contributed by atoms with Crippen LogP contribution in [0.4, 0.5) is 0 Å². The second kappa shape index (κ2) is 8.06. The van der Waals surface area contributed by atoms with Gasteiger partial charge in [-0.15, -0.1) is 11.3 Å². The summed E-state index contributed by atoms with van der Waals surface area (Å²) in [5, 5.41) is 12.0. The first-order valence-corrected chi connectivity index (χ1v) is 9.25. The second-order valence-electron chi connectivity index (χ2n) is 5.38. The van der Waals surface area contributed by atoms with Crippen molar-refractivity contribution in [3.8, 4) is 5.75 Å². The maximum absolute atomic E-state index is 9.90. The molecule has 1 aliphatic heterocycles. The summed E-state index contributed by atoms with van der Waals surface area (Å²) in [5.41, 5.74) is 0.728. The second-order valence-corrected chi connectivity index (χ2v) is 7.27. The van der Waals surface area contributed by atoms with Crippen LogP contribution in [0.25, 0.3) is 0 Å². The fourth-order valence-corrected chi connectivity index (χ4v) is 3.87. The Bertz CT molecular complexity index is 655. The SMILES string of the molecule is Oc1ccc(Br)cc1C=NC[C@H](c1cccs1)N1CCOCC1. The molecule has 122 valence electrons. The zero-order valence-corrected chi connectivity index (χ0v) is 15.1. The summed E-state index contributed by atoms with van der Waals surface area (Å²) in [5.74, 6) is 0.246. The number of rotatable bonds is 5. The largest absolute Gasteiger partial charge is 0.507 e. The van der Waals surface area contributed by atoms with E-state index in [4.69, 9.17) is 4.74 Å². The van der Waals surface area contributed by atoms with E-state index < -0.39 is 0 Å². The highest BCUT2D eigenvalue weighted by atomic mass is 79.9. The third kappa shape index (κ3) is 4.41. The normalized spacial score (nSPS) is 17.6. The van der Waals surface area contributed by atoms with Crippen LogP contribution in [0.1, 0.15) is 16.5 Å². The number of benzene rings is 1. The summed E-state index contributed by atoms with van der Waals surface area (Å²) in [6.45, 7) is 4.09. The molecular formula is C17H19BrN2O2S. The van der Waals surface area contributed by atoms with Crippen molar-refractivity contribution in [1.82, 2.24) is 4.90 Å². The van der Waals surface area contributed by atoms with Gasteiger partial charge in [0.1, 0.15) is 5.75 Å². The minimum absolute atomic E-state index is 0.246. The Labute approximate surface area is 148 Å². The number of nitrogens with zero attached hydrogens (tertiary/aromatic N) is 2. The first-order chi connectivity index (χ1) is 11.2. The third-order valence-electron chi connectivity index (χ3n) is 3.86. The van der Waals surface area contributed by atoms with Gasteiger partial charge in [0.25, 0.3) is 0 Å². The first kappa shape index (κ1) is 16.6. The van der Waals surface area contributed by atoms with Crippen molar-refractivity contribution >= 4 is 33.5 Å². The van der Waals surface area contributed by atoms with E-state index in [1.807, 2.05) is 12.1 Å². The van der Waals surface area contributed by atoms with Crippen LogP contribution < -0.4 is 0 Å². The Morgan fingerprint density at radius 3 is 2.91 bits per heavy atom. The van der Waals surface area contributed by atoms with E-state index in [2.05, 4.69) is 43.3 Å². The number of hydrogen-bond donors (Lipinski definition) is 1. The number of ether oxygens (including phenoxy) is 1. The first-order valence-electron chi connectivity index (χ1n) is 7.57. The molecule has 2 heterocycles. The molecule has 0 aliphatic carbocycles. The molecule has 6 heteroatoms. The van der Waals surface area contributed by atoms with Gasteiger partial charge in [0, 0.05) is 34.2 Å². The molecule has 0 radical (unpaired) electrons. The molecule has 23 heavy (non-hydrogen) atoms. The molecule has 1 saturated heterocycles. The van der Waals surface area contributed by atoms with Crippen molar-refractivity contribution in [2.75, 3.05) is 32.8 Å². The van der Waals surface area contributed by atoms with E-state index in [-0.39, 0.29) is 11.8 Å². The van der Waals surface area contributed by atoms with Gasteiger partial charge in [-0.05, 0) is 29.6 Å². The topological polar surface area (TPSA) is 45.1 Å². The van der Waals surface area contributed by atoms with Gasteiger partial charge in [-0.3, -0.25) is 9.89 Å². The monoisotopic (exact) mass is 394 g/mol. The highest BCUT2D eigenvalue weighted by Gasteiger charge is 2.22. The van der Waals surface area contributed by atoms with E-state index >= 15 is 0 Å². The molecule has 1 N–H and O–H groups in total. The molecule has 0 unspecified atom stereocenters. The number of phenols is 1. The third-order valence-corrected chi connectivity index (χ3v) is 5.32. The predicted molar refractivity (Wildman–Crippen MR) is 97.7 cm³/mol. The van der Waals surface area contributed by atoms with Crippen LogP contribution in [0.15, 0.2) is 45.2 Å². The van der Waals surface area contributed by atoms with Crippen LogP contribution in [-0.4, -0.2) is 49.1 Å². The van der Waals surface area contributed by atoms with E-state index in [0.717, 1.165) is 36.3 Å². The van der Waals surface area contributed by atoms with Gasteiger partial charge in [-0.25, -0.2) is 0 Å². The van der Waals surface area contributed by atoms with Crippen LogP contribution in [0, 0.1) is 0 Å². The lowest BCUT2D eigenvalue weighted by Gasteiger charge is -2.33. The summed E-state index contributed by atoms with van der Waals surface area (Å²) >= 11 is 5.18. The van der Waals surface area contributed by atoms with Crippen LogP contribution >= 0.6 is 27.3 Å². The summed E-state index contributed by atoms with van der Waals surface area (Å²) < 4.78 is 6.39. The zero-order chi connectivity index (χ0) is 16.1. The lowest BCUT2D eigenvalue weighted by molar-refractivity contribution is 0.0187. The summed E-state index contributed by atoms with van der Waals surface area (Å²) in [6, 6.07) is 9.87. The van der Waals surface area contributed by atoms with Gasteiger partial charge in [0.2, 0.25) is 0 Å². The molecule has 1 fully saturated rings. The fraction of sp³-hybridized carbons (Fsp3) is 0.353. The number of phenolic OH excluding ortho intramolecular Hbond substituents is 1. The molecule has 1 aromatic heterocycles. The van der Waals surface area contributed by atoms with Crippen molar-refractivity contribution in [1.29, 1.82) is 0 Å². The smallest absolute Gasteiger partial charge is 0.124 e. The molecule has 3 rings (SSSR count). The average Bonchev–Trinajstić information content (AvgIpc) is 3.09. The standard InChI is InChI=1S/C17H19BrN2O2S/c18-14-3-4-16(21)13(10-14)11-19-12-15(17-2-1-9-23-17)20-5-7-22-8-6-20/h1-4,9-11,15,21H,5-8,12H2/t15-/m1/s1. The van der Waals surface area contributed by atoms with Gasteiger partial charge in [-0.2, -0.15) is 0 Å². The quantitative estimate of drug-likeness (QED) is 0.786. The van der Waals surface area contributed by atoms with E-state index in [9.17, 15) is 5.11 Å². The lowest BCUT2D eigenvalue weighted by atomic mass is 10.2. The summed E-state index contributed by atoms with van der Waals surface area (Å²) in [7, 11) is 0. The molecule has 4 nitrogen and oxygen atoms in total. The molecule has 1 aliphatic rings. The highest BCUT2D eigenvalue weighted by Crippen LogP contribution is 2.26. The number of hydrogen-bond acceptors (Lipinski definition) is 5. The zero-order valence-electron chi connectivity index (χ0n) is 12.7. The van der Waals surface area contributed by atoms with Gasteiger partial charge < -0.3 is 9.84 Å². The van der Waals surface area contributed by atoms with Gasteiger partial charge in [0.05, 0.1) is 25.8 Å². The van der Waals surface area contributed by atoms with Crippen molar-refractivity contribution < 1.29 is 9.84 Å². The Morgan fingerprint density at radius 1 is 1.35 bits per heavy atom. The average molecular weight is 395 g/mol. The van der Waals surface area contributed by atoms with Crippen LogP contribution in [0.3, 0.4) is 0 Å². The van der Waals surface area contributed by atoms with E-state index in [1.165, 1.54) is 4.88 Å². The minimum Gasteiger partial charge on any atom is -0.507 e. The number of morpholine rings is 1.